The number of aromatic nitrogens is 1. The normalized spacial score (nSPS) is 14.9. The highest BCUT2D eigenvalue weighted by atomic mass is 32.2. The predicted molar refractivity (Wildman–Crippen MR) is 121 cm³/mol. The Morgan fingerprint density at radius 3 is 2.39 bits per heavy atom. The molecule has 0 unspecified atom stereocenters. The number of benzene rings is 2. The molecule has 0 spiro atoms. The summed E-state index contributed by atoms with van der Waals surface area (Å²) in [5.41, 5.74) is 1.72. The highest BCUT2D eigenvalue weighted by Crippen LogP contribution is 2.29. The molecule has 0 aliphatic carbocycles. The van der Waals surface area contributed by atoms with Crippen LogP contribution in [0, 0.1) is 19.7 Å². The molecule has 0 radical (unpaired) electrons. The van der Waals surface area contributed by atoms with Gasteiger partial charge >= 0.3 is 0 Å². The zero-order valence-corrected chi connectivity index (χ0v) is 18.9. The van der Waals surface area contributed by atoms with E-state index in [-0.39, 0.29) is 15.2 Å². The van der Waals surface area contributed by atoms with Gasteiger partial charge in [-0.1, -0.05) is 12.1 Å². The van der Waals surface area contributed by atoms with E-state index in [0.29, 0.717) is 23.3 Å². The van der Waals surface area contributed by atoms with Crippen molar-refractivity contribution in [1.29, 1.82) is 0 Å². The average molecular weight is 443 g/mol. The second-order valence-corrected chi connectivity index (χ2v) is 10.1. The molecule has 31 heavy (non-hydrogen) atoms. The molecule has 2 aromatic carbocycles. The molecule has 4 rings (SSSR count). The van der Waals surface area contributed by atoms with Crippen LogP contribution in [-0.2, 0) is 16.4 Å². The number of halogens is 1. The van der Waals surface area contributed by atoms with Crippen LogP contribution in [0.1, 0.15) is 37.3 Å². The highest BCUT2D eigenvalue weighted by Gasteiger charge is 2.26. The molecule has 164 valence electrons. The summed E-state index contributed by atoms with van der Waals surface area (Å²) in [6.45, 7) is 7.39. The Kier molecular flexibility index (Phi) is 5.64. The third-order valence-electron chi connectivity index (χ3n) is 6.08. The average Bonchev–Trinajstić information content (AvgIpc) is 2.76. The number of nitrogens with zero attached hydrogens (tertiary/aromatic N) is 2. The van der Waals surface area contributed by atoms with E-state index in [1.165, 1.54) is 12.3 Å². The predicted octanol–water partition coefficient (Wildman–Crippen LogP) is 4.60. The van der Waals surface area contributed by atoms with Crippen LogP contribution < -0.4 is 10.3 Å². The fourth-order valence-corrected chi connectivity index (χ4v) is 6.01. The van der Waals surface area contributed by atoms with Crippen molar-refractivity contribution in [1.82, 2.24) is 4.57 Å². The first-order chi connectivity index (χ1) is 14.7. The number of piperidine rings is 1. The number of hydrogen-bond donors (Lipinski definition) is 0. The van der Waals surface area contributed by atoms with Gasteiger partial charge in [-0.05, 0) is 69.4 Å². The van der Waals surface area contributed by atoms with Gasteiger partial charge in [0.2, 0.25) is 15.3 Å². The Morgan fingerprint density at radius 1 is 1.00 bits per heavy atom. The zero-order chi connectivity index (χ0) is 22.3. The quantitative estimate of drug-likeness (QED) is 0.593. The van der Waals surface area contributed by atoms with Crippen molar-refractivity contribution in [3.63, 3.8) is 0 Å². The van der Waals surface area contributed by atoms with E-state index < -0.39 is 21.1 Å². The molecular formula is C24H27FN2O3S. The van der Waals surface area contributed by atoms with Crippen molar-refractivity contribution >= 4 is 26.4 Å². The van der Waals surface area contributed by atoms with Gasteiger partial charge in [0, 0.05) is 25.8 Å². The van der Waals surface area contributed by atoms with Crippen LogP contribution in [0.5, 0.6) is 0 Å². The molecule has 0 N–H and O–H groups in total. The second kappa shape index (κ2) is 8.11. The molecule has 1 fully saturated rings. The molecule has 1 aromatic heterocycles. The second-order valence-electron chi connectivity index (χ2n) is 8.25. The maximum atomic E-state index is 15.0. The van der Waals surface area contributed by atoms with Gasteiger partial charge in [0.25, 0.3) is 0 Å². The Balaban J connectivity index is 1.96. The van der Waals surface area contributed by atoms with E-state index in [4.69, 9.17) is 0 Å². The Bertz CT molecular complexity index is 1320. The van der Waals surface area contributed by atoms with Gasteiger partial charge in [0.15, 0.2) is 0 Å². The van der Waals surface area contributed by atoms with Crippen LogP contribution >= 0.6 is 0 Å². The van der Waals surface area contributed by atoms with Crippen molar-refractivity contribution in [3.05, 3.63) is 63.7 Å². The van der Waals surface area contributed by atoms with Gasteiger partial charge in [0.1, 0.15) is 10.7 Å². The van der Waals surface area contributed by atoms with Gasteiger partial charge in [-0.3, -0.25) is 4.79 Å². The minimum Gasteiger partial charge on any atom is -0.369 e. The lowest BCUT2D eigenvalue weighted by Gasteiger charge is -2.29. The summed E-state index contributed by atoms with van der Waals surface area (Å²) in [5.74, 6) is -0.490. The maximum absolute atomic E-state index is 15.0. The first-order valence-electron chi connectivity index (χ1n) is 10.7. The van der Waals surface area contributed by atoms with Gasteiger partial charge in [-0.2, -0.15) is 0 Å². The summed E-state index contributed by atoms with van der Waals surface area (Å²) in [7, 11) is -4.06. The van der Waals surface area contributed by atoms with E-state index in [1.807, 2.05) is 17.9 Å². The summed E-state index contributed by atoms with van der Waals surface area (Å²) in [4.78, 5) is 15.1. The molecule has 1 saturated heterocycles. The van der Waals surface area contributed by atoms with Gasteiger partial charge in [-0.25, -0.2) is 12.8 Å². The van der Waals surface area contributed by atoms with E-state index in [2.05, 4.69) is 0 Å². The number of anilines is 1. The van der Waals surface area contributed by atoms with Gasteiger partial charge in [-0.15, -0.1) is 0 Å². The molecule has 0 atom stereocenters. The monoisotopic (exact) mass is 442 g/mol. The van der Waals surface area contributed by atoms with Crippen molar-refractivity contribution in [2.45, 2.75) is 56.4 Å². The standard InChI is InChI=1S/C24H27FN2O3S/c1-4-26-15-23(31(29,30)22-12-16(2)8-9-17(22)3)24(28)18-13-19(25)21(14-20(18)26)27-10-6-5-7-11-27/h8-9,12-15H,4-7,10-11H2,1-3H3. The number of fused-ring (bicyclic) bond motifs is 1. The number of sulfone groups is 1. The molecule has 1 aliphatic heterocycles. The van der Waals surface area contributed by atoms with Crippen LogP contribution in [0.3, 0.4) is 0 Å². The zero-order valence-electron chi connectivity index (χ0n) is 18.1. The lowest BCUT2D eigenvalue weighted by atomic mass is 10.1. The fraction of sp³-hybridized carbons (Fsp3) is 0.375. The SMILES string of the molecule is CCn1cc(S(=O)(=O)c2cc(C)ccc2C)c(=O)c2cc(F)c(N3CCCCC3)cc21. The summed E-state index contributed by atoms with van der Waals surface area (Å²) >= 11 is 0. The van der Waals surface area contributed by atoms with E-state index >= 15 is 4.39 Å². The van der Waals surface area contributed by atoms with Crippen LogP contribution in [0.4, 0.5) is 10.1 Å². The Morgan fingerprint density at radius 2 is 1.71 bits per heavy atom. The number of aryl methyl sites for hydroxylation is 3. The summed E-state index contributed by atoms with van der Waals surface area (Å²) < 4.78 is 43.6. The molecule has 7 heteroatoms. The minimum atomic E-state index is -4.06. The van der Waals surface area contributed by atoms with Crippen LogP contribution in [-0.4, -0.2) is 26.1 Å². The summed E-state index contributed by atoms with van der Waals surface area (Å²) in [6, 6.07) is 8.03. The van der Waals surface area contributed by atoms with Gasteiger partial charge in [0.05, 0.1) is 21.5 Å². The Hall–Kier alpha value is -2.67. The highest BCUT2D eigenvalue weighted by molar-refractivity contribution is 7.91. The minimum absolute atomic E-state index is 0.0893. The molecule has 0 saturated carbocycles. The molecule has 2 heterocycles. The first kappa shape index (κ1) is 21.6. The van der Waals surface area contributed by atoms with Crippen LogP contribution in [0.2, 0.25) is 0 Å². The van der Waals surface area contributed by atoms with E-state index in [9.17, 15) is 13.2 Å². The molecule has 5 nitrogen and oxygen atoms in total. The largest absolute Gasteiger partial charge is 0.369 e. The topological polar surface area (TPSA) is 59.4 Å². The third kappa shape index (κ3) is 3.76. The van der Waals surface area contributed by atoms with Crippen LogP contribution in [0.15, 0.2) is 51.1 Å². The molecule has 0 bridgehead atoms. The molecule has 1 aliphatic rings. The lowest BCUT2D eigenvalue weighted by Crippen LogP contribution is -2.30. The summed E-state index contributed by atoms with van der Waals surface area (Å²) in [5, 5.41) is 0.0893. The molecule has 0 amide bonds. The summed E-state index contributed by atoms with van der Waals surface area (Å²) in [6.07, 6.45) is 4.54. The van der Waals surface area contributed by atoms with Crippen molar-refractivity contribution in [2.75, 3.05) is 18.0 Å². The number of hydrogen-bond acceptors (Lipinski definition) is 4. The number of pyridine rings is 1. The van der Waals surface area contributed by atoms with Crippen molar-refractivity contribution < 1.29 is 12.8 Å². The molecular weight excluding hydrogens is 415 g/mol. The Labute approximate surface area is 182 Å². The lowest BCUT2D eigenvalue weighted by molar-refractivity contribution is 0.557. The maximum Gasteiger partial charge on any atom is 0.212 e. The fourth-order valence-electron chi connectivity index (χ4n) is 4.32. The smallest absolute Gasteiger partial charge is 0.212 e. The van der Waals surface area contributed by atoms with Crippen molar-refractivity contribution in [3.8, 4) is 0 Å². The van der Waals surface area contributed by atoms with Crippen molar-refractivity contribution in [2.24, 2.45) is 0 Å². The van der Waals surface area contributed by atoms with Gasteiger partial charge < -0.3 is 9.47 Å². The third-order valence-corrected chi connectivity index (χ3v) is 7.96. The van der Waals surface area contributed by atoms with Crippen LogP contribution in [0.25, 0.3) is 10.9 Å². The van der Waals surface area contributed by atoms with E-state index in [1.54, 1.807) is 36.6 Å². The number of rotatable bonds is 4. The molecule has 3 aromatic rings. The first-order valence-corrected chi connectivity index (χ1v) is 12.2. The van der Waals surface area contributed by atoms with E-state index in [0.717, 1.165) is 37.9 Å².